The number of aryl methyl sites for hydroxylation is 1. The number of carbonyl (C=O) groups is 2. The van der Waals surface area contributed by atoms with Crippen LogP contribution in [0.15, 0.2) is 17.0 Å². The van der Waals surface area contributed by atoms with Crippen molar-refractivity contribution in [1.82, 2.24) is 4.72 Å². The molecule has 2 atom stereocenters. The molecule has 0 bridgehead atoms. The topological polar surface area (TPSA) is 119 Å². The molecule has 1 aliphatic rings. The van der Waals surface area contributed by atoms with Crippen molar-refractivity contribution in [3.63, 3.8) is 0 Å². The molecule has 0 saturated heterocycles. The van der Waals surface area contributed by atoms with E-state index >= 15 is 0 Å². The Kier molecular flexibility index (Phi) is 4.51. The number of rotatable bonds is 6. The number of aliphatic carboxylic acids is 1. The Balaban J connectivity index is 2.26. The minimum atomic E-state index is -4.13. The molecule has 0 unspecified atom stereocenters. The van der Waals surface area contributed by atoms with Crippen LogP contribution in [0.1, 0.15) is 12.0 Å². The van der Waals surface area contributed by atoms with Crippen LogP contribution >= 0.6 is 0 Å². The first-order valence-electron chi connectivity index (χ1n) is 6.73. The molecule has 1 saturated carbocycles. The maximum atomic E-state index is 12.4. The summed E-state index contributed by atoms with van der Waals surface area (Å²) in [6.45, 7) is 1.55. The van der Waals surface area contributed by atoms with Gasteiger partial charge in [0, 0.05) is 6.07 Å². The molecule has 0 heterocycles. The summed E-state index contributed by atoms with van der Waals surface area (Å²) in [6, 6.07) is 2.74. The third kappa shape index (κ3) is 3.39. The number of amides is 1. The van der Waals surface area contributed by atoms with Crippen molar-refractivity contribution in [3.8, 4) is 11.5 Å². The van der Waals surface area contributed by atoms with Crippen LogP contribution in [0.3, 0.4) is 0 Å². The molecule has 2 rings (SSSR count). The Morgan fingerprint density at radius 3 is 2.22 bits per heavy atom. The SMILES string of the molecule is COc1cc(C)c(S(=O)(=O)NC(=O)[C@@H]2C[C@H]2C(=O)O)cc1OC. The van der Waals surface area contributed by atoms with Crippen molar-refractivity contribution in [2.24, 2.45) is 11.8 Å². The Morgan fingerprint density at radius 1 is 1.17 bits per heavy atom. The van der Waals surface area contributed by atoms with Gasteiger partial charge in [0.2, 0.25) is 5.91 Å². The molecule has 9 heteroatoms. The molecular formula is C14H17NO7S. The molecule has 0 radical (unpaired) electrons. The van der Waals surface area contributed by atoms with Crippen molar-refractivity contribution in [3.05, 3.63) is 17.7 Å². The van der Waals surface area contributed by atoms with Gasteiger partial charge in [0.05, 0.1) is 31.0 Å². The summed E-state index contributed by atoms with van der Waals surface area (Å²) in [5.74, 6) is -2.99. The lowest BCUT2D eigenvalue weighted by Crippen LogP contribution is -2.33. The maximum Gasteiger partial charge on any atom is 0.307 e. The highest BCUT2D eigenvalue weighted by Crippen LogP contribution is 2.39. The fourth-order valence-corrected chi connectivity index (χ4v) is 3.54. The van der Waals surface area contributed by atoms with Crippen LogP contribution < -0.4 is 14.2 Å². The fraction of sp³-hybridized carbons (Fsp3) is 0.429. The Bertz CT molecular complexity index is 757. The molecule has 1 aromatic carbocycles. The van der Waals surface area contributed by atoms with E-state index in [1.54, 1.807) is 6.92 Å². The second kappa shape index (κ2) is 6.07. The highest BCUT2D eigenvalue weighted by molar-refractivity contribution is 7.90. The minimum Gasteiger partial charge on any atom is -0.493 e. The monoisotopic (exact) mass is 343 g/mol. The molecule has 8 nitrogen and oxygen atoms in total. The predicted molar refractivity (Wildman–Crippen MR) is 78.8 cm³/mol. The minimum absolute atomic E-state index is 0.129. The summed E-state index contributed by atoms with van der Waals surface area (Å²) in [5.41, 5.74) is 0.369. The molecule has 2 N–H and O–H groups in total. The van der Waals surface area contributed by atoms with E-state index in [0.717, 1.165) is 0 Å². The lowest BCUT2D eigenvalue weighted by molar-refractivity contribution is -0.140. The number of carboxylic acid groups (broad SMARTS) is 1. The van der Waals surface area contributed by atoms with E-state index in [4.69, 9.17) is 14.6 Å². The molecule has 1 aromatic rings. The van der Waals surface area contributed by atoms with Crippen LogP contribution in [-0.4, -0.2) is 39.6 Å². The zero-order valence-corrected chi connectivity index (χ0v) is 13.6. The average molecular weight is 343 g/mol. The summed E-state index contributed by atoms with van der Waals surface area (Å²) in [4.78, 5) is 22.5. The highest BCUT2D eigenvalue weighted by atomic mass is 32.2. The van der Waals surface area contributed by atoms with Gasteiger partial charge in [-0.2, -0.15) is 0 Å². The second-order valence-corrected chi connectivity index (χ2v) is 6.88. The zero-order valence-electron chi connectivity index (χ0n) is 12.8. The van der Waals surface area contributed by atoms with Gasteiger partial charge in [-0.3, -0.25) is 9.59 Å². The van der Waals surface area contributed by atoms with Crippen LogP contribution in [0, 0.1) is 18.8 Å². The number of ether oxygens (including phenoxy) is 2. The quantitative estimate of drug-likeness (QED) is 0.773. The van der Waals surface area contributed by atoms with E-state index in [1.165, 1.54) is 26.4 Å². The first-order valence-corrected chi connectivity index (χ1v) is 8.21. The molecule has 0 aliphatic heterocycles. The second-order valence-electron chi connectivity index (χ2n) is 5.23. The molecule has 1 fully saturated rings. The average Bonchev–Trinajstić information content (AvgIpc) is 3.26. The highest BCUT2D eigenvalue weighted by Gasteiger charge is 2.49. The van der Waals surface area contributed by atoms with Crippen molar-refractivity contribution in [2.45, 2.75) is 18.2 Å². The van der Waals surface area contributed by atoms with Crippen molar-refractivity contribution in [2.75, 3.05) is 14.2 Å². The number of benzene rings is 1. The Morgan fingerprint density at radius 2 is 1.74 bits per heavy atom. The molecule has 23 heavy (non-hydrogen) atoms. The van der Waals surface area contributed by atoms with E-state index in [9.17, 15) is 18.0 Å². The lowest BCUT2D eigenvalue weighted by Gasteiger charge is -2.13. The number of methoxy groups -OCH3 is 2. The molecule has 1 aliphatic carbocycles. The number of hydrogen-bond acceptors (Lipinski definition) is 6. The number of nitrogens with one attached hydrogen (secondary N) is 1. The first-order chi connectivity index (χ1) is 10.7. The number of hydrogen-bond donors (Lipinski definition) is 2. The van der Waals surface area contributed by atoms with Crippen molar-refractivity contribution in [1.29, 1.82) is 0 Å². The number of sulfonamides is 1. The third-order valence-electron chi connectivity index (χ3n) is 3.65. The lowest BCUT2D eigenvalue weighted by atomic mass is 10.2. The Labute approximate surface area is 133 Å². The third-order valence-corrected chi connectivity index (χ3v) is 5.14. The number of carboxylic acids is 1. The van der Waals surface area contributed by atoms with Crippen LogP contribution in [0.25, 0.3) is 0 Å². The summed E-state index contributed by atoms with van der Waals surface area (Å²) < 4.78 is 36.8. The van der Waals surface area contributed by atoms with E-state index in [0.29, 0.717) is 11.3 Å². The maximum absolute atomic E-state index is 12.4. The number of carbonyl (C=O) groups excluding carboxylic acids is 1. The fourth-order valence-electron chi connectivity index (χ4n) is 2.27. The van der Waals surface area contributed by atoms with Gasteiger partial charge in [-0.05, 0) is 25.0 Å². The largest absolute Gasteiger partial charge is 0.493 e. The molecule has 0 aromatic heterocycles. The van der Waals surface area contributed by atoms with Gasteiger partial charge in [0.15, 0.2) is 11.5 Å². The van der Waals surface area contributed by atoms with Crippen molar-refractivity contribution >= 4 is 21.9 Å². The molecule has 126 valence electrons. The molecule has 1 amide bonds. The van der Waals surface area contributed by atoms with Gasteiger partial charge in [-0.15, -0.1) is 0 Å². The van der Waals surface area contributed by atoms with Crippen LogP contribution in [-0.2, 0) is 19.6 Å². The van der Waals surface area contributed by atoms with E-state index in [1.807, 2.05) is 4.72 Å². The van der Waals surface area contributed by atoms with E-state index in [-0.39, 0.29) is 17.1 Å². The summed E-state index contributed by atoms with van der Waals surface area (Å²) in [5, 5.41) is 8.80. The summed E-state index contributed by atoms with van der Waals surface area (Å²) in [7, 11) is -1.34. The van der Waals surface area contributed by atoms with Crippen LogP contribution in [0.4, 0.5) is 0 Å². The van der Waals surface area contributed by atoms with Crippen molar-refractivity contribution < 1.29 is 32.6 Å². The van der Waals surface area contributed by atoms with Gasteiger partial charge in [0.25, 0.3) is 10.0 Å². The first kappa shape index (κ1) is 17.1. The van der Waals surface area contributed by atoms with Crippen LogP contribution in [0.2, 0.25) is 0 Å². The molecular weight excluding hydrogens is 326 g/mol. The van der Waals surface area contributed by atoms with Gasteiger partial charge >= 0.3 is 5.97 Å². The Hall–Kier alpha value is -2.29. The van der Waals surface area contributed by atoms with E-state index < -0.39 is 33.7 Å². The standard InChI is InChI=1S/C14H17NO7S/c1-7-4-10(21-2)11(22-3)6-12(7)23(19,20)15-13(16)8-5-9(8)14(17)18/h4,6,8-9H,5H2,1-3H3,(H,15,16)(H,17,18)/t8-,9-/m1/s1. The van der Waals surface area contributed by atoms with Gasteiger partial charge in [-0.25, -0.2) is 13.1 Å². The summed E-state index contributed by atoms with van der Waals surface area (Å²) >= 11 is 0. The van der Waals surface area contributed by atoms with E-state index in [2.05, 4.69) is 0 Å². The smallest absolute Gasteiger partial charge is 0.307 e. The predicted octanol–water partition coefficient (Wildman–Crippen LogP) is 0.538. The zero-order chi connectivity index (χ0) is 17.4. The van der Waals surface area contributed by atoms with Gasteiger partial charge < -0.3 is 14.6 Å². The van der Waals surface area contributed by atoms with Crippen LogP contribution in [0.5, 0.6) is 11.5 Å². The molecule has 0 spiro atoms. The summed E-state index contributed by atoms with van der Waals surface area (Å²) in [6.07, 6.45) is 0.140. The van der Waals surface area contributed by atoms with Gasteiger partial charge in [0.1, 0.15) is 0 Å². The van der Waals surface area contributed by atoms with Gasteiger partial charge in [-0.1, -0.05) is 0 Å². The normalized spacial score (nSPS) is 19.8.